The number of sulfone groups is 1. The minimum absolute atomic E-state index is 0. The van der Waals surface area contributed by atoms with Gasteiger partial charge in [0.25, 0.3) is 0 Å². The fourth-order valence-corrected chi connectivity index (χ4v) is 6.68. The molecule has 0 amide bonds. The molecule has 3 N–H and O–H groups in total. The first-order chi connectivity index (χ1) is 20.2. The molecule has 1 aromatic heterocycles. The predicted molar refractivity (Wildman–Crippen MR) is 199 cm³/mol. The Morgan fingerprint density at radius 1 is 0.795 bits per heavy atom. The molecule has 3 aromatic carbocycles. The molecule has 44 heavy (non-hydrogen) atoms. The number of hydrogen-bond donors (Lipinski definition) is 2. The highest BCUT2D eigenvalue weighted by Gasteiger charge is 2.23. The molecule has 0 aliphatic heterocycles. The van der Waals surface area contributed by atoms with E-state index in [-0.39, 0.29) is 29.4 Å². The Bertz CT molecular complexity index is 1520. The van der Waals surface area contributed by atoms with Crippen LogP contribution in [0.15, 0.2) is 93.7 Å². The van der Waals surface area contributed by atoms with E-state index in [4.69, 9.17) is 28.9 Å². The fraction of sp³-hybridized carbons (Fsp3) is 0.312. The van der Waals surface area contributed by atoms with Crippen molar-refractivity contribution in [3.8, 4) is 0 Å². The maximum atomic E-state index is 12.4. The van der Waals surface area contributed by atoms with Gasteiger partial charge < -0.3 is 11.1 Å². The number of nitrogens with two attached hydrogens (primary N) is 1. The van der Waals surface area contributed by atoms with E-state index in [1.54, 1.807) is 43.8 Å². The first-order valence-corrected chi connectivity index (χ1v) is 17.8. The number of nitrogens with one attached hydrogen (secondary N) is 1. The minimum atomic E-state index is -3.43. The topological polar surface area (TPSA) is 98.0 Å². The third-order valence-corrected chi connectivity index (χ3v) is 10.5. The molecule has 0 unspecified atom stereocenters. The van der Waals surface area contributed by atoms with E-state index in [0.29, 0.717) is 16.2 Å². The molecule has 4 aromatic rings. The summed E-state index contributed by atoms with van der Waals surface area (Å²) in [5.74, 6) is 0.253. The quantitative estimate of drug-likeness (QED) is 0.0820. The fourth-order valence-electron chi connectivity index (χ4n) is 3.42. The summed E-state index contributed by atoms with van der Waals surface area (Å²) in [4.78, 5) is 10.5. The van der Waals surface area contributed by atoms with Crippen molar-refractivity contribution in [2.75, 3.05) is 11.1 Å². The lowest BCUT2D eigenvalue weighted by Crippen LogP contribution is -2.15. The van der Waals surface area contributed by atoms with Crippen LogP contribution in [0.2, 0.25) is 10.3 Å². The Morgan fingerprint density at radius 3 is 1.89 bits per heavy atom. The van der Waals surface area contributed by atoms with Gasteiger partial charge >= 0.3 is 0 Å². The van der Waals surface area contributed by atoms with Crippen LogP contribution in [0.5, 0.6) is 0 Å². The number of para-hydroxylation sites is 2. The molecule has 0 bridgehead atoms. The second kappa shape index (κ2) is 19.2. The van der Waals surface area contributed by atoms with Crippen LogP contribution in [0.1, 0.15) is 47.1 Å². The number of aromatic nitrogens is 2. The largest absolute Gasteiger partial charge is 0.398 e. The van der Waals surface area contributed by atoms with E-state index in [2.05, 4.69) is 80.2 Å². The van der Waals surface area contributed by atoms with Gasteiger partial charge in [-0.25, -0.2) is 13.4 Å². The van der Waals surface area contributed by atoms with E-state index in [0.717, 1.165) is 5.69 Å². The van der Waals surface area contributed by atoms with Crippen LogP contribution < -0.4 is 11.1 Å². The van der Waals surface area contributed by atoms with E-state index >= 15 is 0 Å². The summed E-state index contributed by atoms with van der Waals surface area (Å²) in [6, 6.07) is 23.0. The van der Waals surface area contributed by atoms with Gasteiger partial charge in [-0.1, -0.05) is 90.2 Å². The number of aryl methyl sites for hydroxylation is 1. The molecule has 1 heterocycles. The Morgan fingerprint density at radius 2 is 1.32 bits per heavy atom. The minimum Gasteiger partial charge on any atom is -0.398 e. The maximum absolute atomic E-state index is 12.4. The zero-order valence-electron chi connectivity index (χ0n) is 25.5. The highest BCUT2D eigenvalue weighted by atomic mass is 35.5. The summed E-state index contributed by atoms with van der Waals surface area (Å²) in [7, 11) is -3.43. The van der Waals surface area contributed by atoms with E-state index in [9.17, 15) is 8.42 Å². The molecular weight excluding hydrogens is 650 g/mol. The normalized spacial score (nSPS) is 10.8. The molecule has 0 atom stereocenters. The third kappa shape index (κ3) is 12.9. The van der Waals surface area contributed by atoms with Gasteiger partial charge in [0.2, 0.25) is 5.28 Å². The molecule has 6 nitrogen and oxygen atoms in total. The summed E-state index contributed by atoms with van der Waals surface area (Å²) in [6.07, 6.45) is 1.35. The molecule has 0 spiro atoms. The second-order valence-electron chi connectivity index (χ2n) is 10.2. The van der Waals surface area contributed by atoms with Crippen LogP contribution in [0.3, 0.4) is 0 Å². The number of thioether (sulfide) groups is 2. The van der Waals surface area contributed by atoms with Crippen LogP contribution in [-0.2, 0) is 9.84 Å². The van der Waals surface area contributed by atoms with Crippen molar-refractivity contribution in [1.82, 2.24) is 9.97 Å². The summed E-state index contributed by atoms with van der Waals surface area (Å²) >= 11 is 15.4. The number of rotatable bonds is 8. The molecule has 0 saturated carbocycles. The number of halogens is 2. The second-order valence-corrected chi connectivity index (χ2v) is 16.6. The van der Waals surface area contributed by atoms with Gasteiger partial charge in [-0.2, -0.15) is 4.98 Å². The highest BCUT2D eigenvalue weighted by Crippen LogP contribution is 2.30. The average Bonchev–Trinajstić information content (AvgIpc) is 2.94. The Kier molecular flexibility index (Phi) is 17.3. The van der Waals surface area contributed by atoms with Gasteiger partial charge in [0, 0.05) is 26.0 Å². The molecule has 0 fully saturated rings. The Hall–Kier alpha value is -2.37. The molecule has 12 heteroatoms. The molecule has 0 radical (unpaired) electrons. The Labute approximate surface area is 283 Å². The number of nitrogens with zero attached hydrogens (tertiary/aromatic N) is 2. The molecule has 240 valence electrons. The van der Waals surface area contributed by atoms with Crippen molar-refractivity contribution < 1.29 is 8.42 Å². The van der Waals surface area contributed by atoms with Gasteiger partial charge in [0.15, 0.2) is 15.7 Å². The van der Waals surface area contributed by atoms with Crippen LogP contribution in [-0.4, -0.2) is 42.5 Å². The molecule has 4 rings (SSSR count). The van der Waals surface area contributed by atoms with Crippen LogP contribution in [0, 0.1) is 6.92 Å². The van der Waals surface area contributed by atoms with Crippen LogP contribution in [0.25, 0.3) is 0 Å². The van der Waals surface area contributed by atoms with Gasteiger partial charge in [0.1, 0.15) is 5.02 Å². The van der Waals surface area contributed by atoms with Crippen molar-refractivity contribution in [2.45, 2.75) is 78.9 Å². The van der Waals surface area contributed by atoms with E-state index in [1.807, 2.05) is 30.0 Å². The monoisotopic (exact) mass is 693 g/mol. The van der Waals surface area contributed by atoms with Crippen LogP contribution >= 0.6 is 46.7 Å². The zero-order chi connectivity index (χ0) is 32.2. The first kappa shape index (κ1) is 39.7. The van der Waals surface area contributed by atoms with Crippen molar-refractivity contribution in [2.24, 2.45) is 0 Å². The smallest absolute Gasteiger partial charge is 0.224 e. The van der Waals surface area contributed by atoms with Crippen molar-refractivity contribution in [1.29, 1.82) is 0 Å². The summed E-state index contributed by atoms with van der Waals surface area (Å²) in [6.45, 7) is 14.2. The van der Waals surface area contributed by atoms with Gasteiger partial charge in [-0.05, 0) is 68.3 Å². The number of hydrogen-bond acceptors (Lipinski definition) is 8. The van der Waals surface area contributed by atoms with Gasteiger partial charge in [0.05, 0.1) is 22.0 Å². The highest BCUT2D eigenvalue weighted by molar-refractivity contribution is 8.00. The molecule has 0 aliphatic rings. The van der Waals surface area contributed by atoms with Crippen molar-refractivity contribution in [3.05, 3.63) is 94.9 Å². The third-order valence-electron chi connectivity index (χ3n) is 5.52. The number of nitrogen functional groups attached to an aromatic ring is 1. The van der Waals surface area contributed by atoms with E-state index < -0.39 is 15.1 Å². The Balaban J connectivity index is 0.000000357. The predicted octanol–water partition coefficient (Wildman–Crippen LogP) is 8.52. The lowest BCUT2D eigenvalue weighted by atomic mass is 10.2. The SMILES string of the molecule is CC(C)S(=O)(=O)c1ccccc1Nc1nc(Cl)ncc1Cl.CC(C)Sc1ccccc1N.Cc1ccccc1SC(C)C.[BH4-]. The van der Waals surface area contributed by atoms with Gasteiger partial charge in [-0.15, -0.1) is 23.5 Å². The van der Waals surface area contributed by atoms with E-state index in [1.165, 1.54) is 27.6 Å². The lowest BCUT2D eigenvalue weighted by molar-refractivity contribution is 0.588. The maximum Gasteiger partial charge on any atom is 0.224 e. The van der Waals surface area contributed by atoms with Crippen molar-refractivity contribution in [3.63, 3.8) is 0 Å². The van der Waals surface area contributed by atoms with Crippen molar-refractivity contribution >= 4 is 82.2 Å². The first-order valence-electron chi connectivity index (χ1n) is 13.7. The van der Waals surface area contributed by atoms with Gasteiger partial charge in [-0.3, -0.25) is 0 Å². The molecule has 0 saturated heterocycles. The summed E-state index contributed by atoms with van der Waals surface area (Å²) in [5, 5.41) is 3.90. The standard InChI is InChI=1S/C13H13Cl2N3O2S.C10H14S.C9H13NS.BH4/c1-8(2)21(19,20)11-6-4-3-5-10(11)17-12-9(14)7-16-13(15)18-12;1-8(2)11-10-7-5-4-6-9(10)3;1-7(2)11-9-6-4-3-5-8(9)10;/h3-8H,1-2H3,(H,16,17,18);4-8H,1-3H3;3-7H,10H2,1-2H3;1H4/q;;;-1. The van der Waals surface area contributed by atoms with Crippen LogP contribution in [0.4, 0.5) is 17.2 Å². The number of benzene rings is 3. The zero-order valence-corrected chi connectivity index (χ0v) is 29.5. The number of anilines is 3. The average molecular weight is 695 g/mol. The lowest BCUT2D eigenvalue weighted by Gasteiger charge is -2.14. The summed E-state index contributed by atoms with van der Waals surface area (Å²) in [5.41, 5.74) is 8.40. The molecular formula is C32H44BCl2N4O2S3-. The summed E-state index contributed by atoms with van der Waals surface area (Å²) < 4.78 is 24.7. The molecule has 0 aliphatic carbocycles.